The number of amides is 1. The number of nitrogens with zero attached hydrogens (tertiary/aromatic N) is 1. The van der Waals surface area contributed by atoms with Crippen LogP contribution in [0.1, 0.15) is 30.9 Å². The molecule has 1 aliphatic heterocycles. The Bertz CT molecular complexity index is 824. The molecule has 0 bridgehead atoms. The van der Waals surface area contributed by atoms with Crippen LogP contribution in [0.2, 0.25) is 0 Å². The van der Waals surface area contributed by atoms with Crippen LogP contribution in [0.5, 0.6) is 5.75 Å². The van der Waals surface area contributed by atoms with Gasteiger partial charge in [0.05, 0.1) is 12.8 Å². The van der Waals surface area contributed by atoms with Crippen LogP contribution in [0.4, 0.5) is 5.69 Å². The maximum absolute atomic E-state index is 12.7. The van der Waals surface area contributed by atoms with Gasteiger partial charge in [0.25, 0.3) is 5.91 Å². The Hall–Kier alpha value is -2.66. The van der Waals surface area contributed by atoms with Gasteiger partial charge in [-0.05, 0) is 59.6 Å². The van der Waals surface area contributed by atoms with Crippen molar-refractivity contribution < 1.29 is 9.53 Å². The van der Waals surface area contributed by atoms with Gasteiger partial charge < -0.3 is 10.1 Å². The van der Waals surface area contributed by atoms with E-state index in [4.69, 9.17) is 17.0 Å². The third-order valence-electron chi connectivity index (χ3n) is 4.12. The van der Waals surface area contributed by atoms with Gasteiger partial charge in [-0.25, -0.2) is 0 Å². The zero-order valence-corrected chi connectivity index (χ0v) is 15.3. The molecule has 0 spiro atoms. The van der Waals surface area contributed by atoms with Crippen LogP contribution in [0.15, 0.2) is 54.2 Å². The van der Waals surface area contributed by atoms with Gasteiger partial charge in [-0.1, -0.05) is 38.1 Å². The smallest absolute Gasteiger partial charge is 0.281 e. The van der Waals surface area contributed by atoms with Crippen molar-refractivity contribution in [2.45, 2.75) is 19.8 Å². The molecule has 0 aliphatic carbocycles. The van der Waals surface area contributed by atoms with Crippen LogP contribution >= 0.6 is 12.2 Å². The molecule has 0 unspecified atom stereocenters. The summed E-state index contributed by atoms with van der Waals surface area (Å²) in [5.41, 5.74) is 3.41. The standard InChI is InChI=1S/C20H20N2O2S/c1-13(2)15-6-4-14(5-7-15)12-18-19(23)22(20(25)21-18)16-8-10-17(24-3)11-9-16/h4-13H,1-3H3,(H,21,25). The van der Waals surface area contributed by atoms with Crippen molar-refractivity contribution in [3.63, 3.8) is 0 Å². The molecule has 1 aliphatic rings. The molecular weight excluding hydrogens is 332 g/mol. The lowest BCUT2D eigenvalue weighted by molar-refractivity contribution is -0.113. The maximum atomic E-state index is 12.7. The van der Waals surface area contributed by atoms with Crippen molar-refractivity contribution >= 4 is 35.0 Å². The Morgan fingerprint density at radius 3 is 2.28 bits per heavy atom. The van der Waals surface area contributed by atoms with Gasteiger partial charge in [0.2, 0.25) is 0 Å². The molecule has 1 amide bonds. The monoisotopic (exact) mass is 352 g/mol. The molecule has 1 fully saturated rings. The molecule has 3 rings (SSSR count). The highest BCUT2D eigenvalue weighted by Crippen LogP contribution is 2.25. The molecule has 5 heteroatoms. The molecule has 25 heavy (non-hydrogen) atoms. The highest BCUT2D eigenvalue weighted by molar-refractivity contribution is 7.80. The molecule has 1 saturated heterocycles. The van der Waals surface area contributed by atoms with E-state index in [0.717, 1.165) is 11.3 Å². The minimum absolute atomic E-state index is 0.164. The number of rotatable bonds is 4. The van der Waals surface area contributed by atoms with Crippen molar-refractivity contribution in [1.82, 2.24) is 5.32 Å². The van der Waals surface area contributed by atoms with Crippen molar-refractivity contribution in [2.75, 3.05) is 12.0 Å². The fourth-order valence-corrected chi connectivity index (χ4v) is 2.94. The highest BCUT2D eigenvalue weighted by atomic mass is 32.1. The predicted molar refractivity (Wildman–Crippen MR) is 105 cm³/mol. The van der Waals surface area contributed by atoms with Crippen LogP contribution in [-0.4, -0.2) is 18.1 Å². The molecule has 0 saturated carbocycles. The molecule has 4 nitrogen and oxygen atoms in total. The van der Waals surface area contributed by atoms with Gasteiger partial charge in [-0.3, -0.25) is 9.69 Å². The fraction of sp³-hybridized carbons (Fsp3) is 0.200. The summed E-state index contributed by atoms with van der Waals surface area (Å²) in [4.78, 5) is 14.2. The van der Waals surface area contributed by atoms with E-state index in [2.05, 4.69) is 31.3 Å². The van der Waals surface area contributed by atoms with E-state index in [-0.39, 0.29) is 5.91 Å². The number of methoxy groups -OCH3 is 1. The van der Waals surface area contributed by atoms with Crippen molar-refractivity contribution in [2.24, 2.45) is 0 Å². The van der Waals surface area contributed by atoms with E-state index >= 15 is 0 Å². The second kappa shape index (κ2) is 7.07. The molecule has 1 heterocycles. The van der Waals surface area contributed by atoms with Crippen LogP contribution in [0.3, 0.4) is 0 Å². The van der Waals surface area contributed by atoms with Crippen molar-refractivity contribution in [3.8, 4) is 5.75 Å². The summed E-state index contributed by atoms with van der Waals surface area (Å²) in [6.45, 7) is 4.31. The van der Waals surface area contributed by atoms with E-state index in [1.165, 1.54) is 10.5 Å². The third kappa shape index (κ3) is 3.56. The van der Waals surface area contributed by atoms with Crippen LogP contribution in [0, 0.1) is 0 Å². The van der Waals surface area contributed by atoms with E-state index in [1.54, 1.807) is 19.2 Å². The Kier molecular flexibility index (Phi) is 4.86. The number of anilines is 1. The summed E-state index contributed by atoms with van der Waals surface area (Å²) in [6.07, 6.45) is 1.82. The molecule has 0 radical (unpaired) electrons. The summed E-state index contributed by atoms with van der Waals surface area (Å²) >= 11 is 5.33. The maximum Gasteiger partial charge on any atom is 0.281 e. The zero-order chi connectivity index (χ0) is 18.0. The second-order valence-electron chi connectivity index (χ2n) is 6.15. The first-order valence-corrected chi connectivity index (χ1v) is 8.51. The number of carbonyl (C=O) groups excluding carboxylic acids is 1. The van der Waals surface area contributed by atoms with Gasteiger partial charge in [-0.15, -0.1) is 0 Å². The number of hydrogen-bond donors (Lipinski definition) is 1. The summed E-state index contributed by atoms with van der Waals surface area (Å²) in [5.74, 6) is 1.05. The Balaban J connectivity index is 1.84. The second-order valence-corrected chi connectivity index (χ2v) is 6.53. The van der Waals surface area contributed by atoms with Crippen LogP contribution < -0.4 is 15.0 Å². The number of nitrogens with one attached hydrogen (secondary N) is 1. The normalized spacial score (nSPS) is 15.8. The molecule has 0 atom stereocenters. The van der Waals surface area contributed by atoms with Crippen LogP contribution in [0.25, 0.3) is 6.08 Å². The SMILES string of the molecule is COc1ccc(N2C(=O)C(=Cc3ccc(C(C)C)cc3)NC2=S)cc1. The number of carbonyl (C=O) groups is 1. The van der Waals surface area contributed by atoms with Gasteiger partial charge >= 0.3 is 0 Å². The highest BCUT2D eigenvalue weighted by Gasteiger charge is 2.31. The van der Waals surface area contributed by atoms with Gasteiger partial charge in [0, 0.05) is 0 Å². The number of thiocarbonyl (C=S) groups is 1. The van der Waals surface area contributed by atoms with Gasteiger partial charge in [0.1, 0.15) is 11.4 Å². The average Bonchev–Trinajstić information content (AvgIpc) is 2.89. The molecule has 0 aromatic heterocycles. The lowest BCUT2D eigenvalue weighted by Crippen LogP contribution is -2.30. The number of ether oxygens (including phenoxy) is 1. The minimum Gasteiger partial charge on any atom is -0.497 e. The van der Waals surface area contributed by atoms with Gasteiger partial charge in [-0.2, -0.15) is 0 Å². The fourth-order valence-electron chi connectivity index (χ4n) is 2.64. The Labute approximate surface area is 153 Å². The third-order valence-corrected chi connectivity index (χ3v) is 4.41. The molecule has 1 N–H and O–H groups in total. The summed E-state index contributed by atoms with van der Waals surface area (Å²) in [7, 11) is 1.60. The number of hydrogen-bond acceptors (Lipinski definition) is 3. The molecular formula is C20H20N2O2S. The average molecular weight is 352 g/mol. The van der Waals surface area contributed by atoms with Crippen LogP contribution in [-0.2, 0) is 4.79 Å². The molecule has 128 valence electrons. The quantitative estimate of drug-likeness (QED) is 0.665. The van der Waals surface area contributed by atoms with E-state index in [0.29, 0.717) is 22.4 Å². The lowest BCUT2D eigenvalue weighted by Gasteiger charge is -2.14. The van der Waals surface area contributed by atoms with Crippen molar-refractivity contribution in [3.05, 3.63) is 65.4 Å². The van der Waals surface area contributed by atoms with Crippen molar-refractivity contribution in [1.29, 1.82) is 0 Å². The molecule has 2 aromatic carbocycles. The zero-order valence-electron chi connectivity index (χ0n) is 14.4. The van der Waals surface area contributed by atoms with E-state index in [9.17, 15) is 4.79 Å². The lowest BCUT2D eigenvalue weighted by atomic mass is 10.0. The Morgan fingerprint density at radius 1 is 1.08 bits per heavy atom. The first-order valence-electron chi connectivity index (χ1n) is 8.10. The summed E-state index contributed by atoms with van der Waals surface area (Å²) in [5, 5.41) is 3.38. The van der Waals surface area contributed by atoms with E-state index in [1.807, 2.05) is 30.3 Å². The summed E-state index contributed by atoms with van der Waals surface area (Å²) < 4.78 is 5.15. The predicted octanol–water partition coefficient (Wildman–Crippen LogP) is 4.08. The topological polar surface area (TPSA) is 41.6 Å². The largest absolute Gasteiger partial charge is 0.497 e. The first kappa shape index (κ1) is 17.2. The van der Waals surface area contributed by atoms with Gasteiger partial charge in [0.15, 0.2) is 5.11 Å². The van der Waals surface area contributed by atoms with E-state index < -0.39 is 0 Å². The Morgan fingerprint density at radius 2 is 1.72 bits per heavy atom. The summed E-state index contributed by atoms with van der Waals surface area (Å²) in [6, 6.07) is 15.4. The first-order chi connectivity index (χ1) is 12.0. The number of benzene rings is 2. The minimum atomic E-state index is -0.164. The molecule has 2 aromatic rings.